The second-order valence-corrected chi connectivity index (χ2v) is 8.49. The number of carboxylic acid groups (broad SMARTS) is 1. The number of rotatable bonds is 2. The number of nitrogens with zero attached hydrogens (tertiary/aromatic N) is 5. The molecular weight excluding hydrogens is 402 g/mol. The van der Waals surface area contributed by atoms with Crippen molar-refractivity contribution >= 4 is 17.7 Å². The number of carbonyl (C=O) groups is 1. The lowest BCUT2D eigenvalue weighted by Gasteiger charge is -2.28. The zero-order chi connectivity index (χ0) is 20.7. The fourth-order valence-corrected chi connectivity index (χ4v) is 4.92. The third kappa shape index (κ3) is 3.43. The van der Waals surface area contributed by atoms with Gasteiger partial charge in [-0.2, -0.15) is 0 Å². The first-order valence-electron chi connectivity index (χ1n) is 10.2. The van der Waals surface area contributed by atoms with Crippen LogP contribution >= 0.6 is 11.6 Å². The number of amides is 1. The molecule has 2 aliphatic rings. The van der Waals surface area contributed by atoms with E-state index in [-0.39, 0.29) is 13.1 Å². The zero-order valence-electron chi connectivity index (χ0n) is 16.4. The summed E-state index contributed by atoms with van der Waals surface area (Å²) in [6.07, 6.45) is 6.99. The number of fused-ring (bicyclic) bond motifs is 3. The second-order valence-electron chi connectivity index (χ2n) is 8.06. The van der Waals surface area contributed by atoms with Crippen molar-refractivity contribution in [3.8, 4) is 5.69 Å². The van der Waals surface area contributed by atoms with Crippen LogP contribution in [-0.4, -0.2) is 35.8 Å². The van der Waals surface area contributed by atoms with Gasteiger partial charge in [-0.15, -0.1) is 10.2 Å². The maximum absolute atomic E-state index is 11.7. The standard InChI is InChI=1S/C22H22ClN5O2/c23-18-7-8-19-17(10-18)12-27(22(29)30)13-20-25-26-21(28(19)20)15-5-3-14(4-6-15)16-2-1-9-24-11-16/h1-2,7-11,14-15H,3-6,12-13H2,(H,29,30)/t14-,15-. The van der Waals surface area contributed by atoms with Gasteiger partial charge in [0.05, 0.1) is 18.8 Å². The normalized spacial score (nSPS) is 20.9. The Morgan fingerprint density at radius 1 is 1.07 bits per heavy atom. The van der Waals surface area contributed by atoms with E-state index in [2.05, 4.69) is 25.8 Å². The van der Waals surface area contributed by atoms with Crippen molar-refractivity contribution in [1.29, 1.82) is 0 Å². The van der Waals surface area contributed by atoms with E-state index in [0.29, 0.717) is 22.7 Å². The molecule has 1 aliphatic heterocycles. The maximum Gasteiger partial charge on any atom is 0.408 e. The van der Waals surface area contributed by atoms with Gasteiger partial charge in [0.25, 0.3) is 0 Å². The van der Waals surface area contributed by atoms with E-state index in [9.17, 15) is 9.90 Å². The summed E-state index contributed by atoms with van der Waals surface area (Å²) in [5.41, 5.74) is 3.09. The van der Waals surface area contributed by atoms with Gasteiger partial charge in [0.1, 0.15) is 5.82 Å². The van der Waals surface area contributed by atoms with E-state index in [4.69, 9.17) is 11.6 Å². The molecule has 1 aliphatic carbocycles. The van der Waals surface area contributed by atoms with E-state index in [1.807, 2.05) is 36.7 Å². The van der Waals surface area contributed by atoms with E-state index < -0.39 is 6.09 Å². The smallest absolute Gasteiger partial charge is 0.408 e. The van der Waals surface area contributed by atoms with E-state index in [1.54, 1.807) is 0 Å². The maximum atomic E-state index is 11.7. The van der Waals surface area contributed by atoms with Crippen LogP contribution in [0, 0.1) is 0 Å². The van der Waals surface area contributed by atoms with Crippen LogP contribution in [0.1, 0.15) is 60.3 Å². The summed E-state index contributed by atoms with van der Waals surface area (Å²) in [5.74, 6) is 2.39. The fourth-order valence-electron chi connectivity index (χ4n) is 4.73. The Morgan fingerprint density at radius 2 is 1.87 bits per heavy atom. The Hall–Kier alpha value is -2.93. The van der Waals surface area contributed by atoms with Gasteiger partial charge in [-0.05, 0) is 67.0 Å². The van der Waals surface area contributed by atoms with Crippen LogP contribution in [0.15, 0.2) is 42.7 Å². The Kier molecular flexibility index (Phi) is 4.90. The summed E-state index contributed by atoms with van der Waals surface area (Å²) < 4.78 is 2.06. The van der Waals surface area contributed by atoms with Gasteiger partial charge in [0, 0.05) is 23.3 Å². The number of pyridine rings is 1. The van der Waals surface area contributed by atoms with Crippen molar-refractivity contribution in [2.75, 3.05) is 0 Å². The fraction of sp³-hybridized carbons (Fsp3) is 0.364. The SMILES string of the molecule is O=C(O)N1Cc2cc(Cl)ccc2-n2c(nnc2[C@H]2CC[C@H](c3cccnc3)CC2)C1. The molecule has 1 saturated carbocycles. The van der Waals surface area contributed by atoms with Gasteiger partial charge in [-0.1, -0.05) is 17.7 Å². The van der Waals surface area contributed by atoms with Crippen molar-refractivity contribution < 1.29 is 9.90 Å². The Balaban J connectivity index is 1.47. The topological polar surface area (TPSA) is 84.1 Å². The molecule has 1 amide bonds. The molecule has 1 fully saturated rings. The van der Waals surface area contributed by atoms with Crippen LogP contribution in [0.4, 0.5) is 4.79 Å². The molecule has 3 aromatic rings. The van der Waals surface area contributed by atoms with Crippen molar-refractivity contribution in [3.63, 3.8) is 0 Å². The molecule has 0 radical (unpaired) electrons. The number of halogens is 1. The summed E-state index contributed by atoms with van der Waals surface area (Å²) >= 11 is 6.21. The molecule has 0 saturated heterocycles. The summed E-state index contributed by atoms with van der Waals surface area (Å²) in [6, 6.07) is 9.77. The third-order valence-corrected chi connectivity index (χ3v) is 6.48. The molecular formula is C22H22ClN5O2. The largest absolute Gasteiger partial charge is 0.465 e. The van der Waals surface area contributed by atoms with Crippen molar-refractivity contribution in [2.45, 2.75) is 50.6 Å². The molecule has 3 heterocycles. The minimum atomic E-state index is -0.976. The highest BCUT2D eigenvalue weighted by Crippen LogP contribution is 2.41. The van der Waals surface area contributed by atoms with Crippen LogP contribution < -0.4 is 0 Å². The van der Waals surface area contributed by atoms with E-state index in [0.717, 1.165) is 42.8 Å². The van der Waals surface area contributed by atoms with Crippen molar-refractivity contribution in [2.24, 2.45) is 0 Å². The molecule has 2 aromatic heterocycles. The Labute approximate surface area is 179 Å². The van der Waals surface area contributed by atoms with Crippen molar-refractivity contribution in [1.82, 2.24) is 24.6 Å². The molecule has 0 atom stereocenters. The molecule has 0 bridgehead atoms. The highest BCUT2D eigenvalue weighted by Gasteiger charge is 2.31. The van der Waals surface area contributed by atoms with Gasteiger partial charge in [-0.3, -0.25) is 14.5 Å². The average Bonchev–Trinajstić information content (AvgIpc) is 3.10. The lowest BCUT2D eigenvalue weighted by Crippen LogP contribution is -2.27. The molecule has 0 unspecified atom stereocenters. The summed E-state index contributed by atoms with van der Waals surface area (Å²) in [6.45, 7) is 0.488. The zero-order valence-corrected chi connectivity index (χ0v) is 17.2. The van der Waals surface area contributed by atoms with E-state index in [1.165, 1.54) is 10.5 Å². The molecule has 7 nitrogen and oxygen atoms in total. The molecule has 5 rings (SSSR count). The van der Waals surface area contributed by atoms with Gasteiger partial charge in [-0.25, -0.2) is 4.79 Å². The summed E-state index contributed by atoms with van der Waals surface area (Å²) in [7, 11) is 0. The van der Waals surface area contributed by atoms with Crippen LogP contribution in [0.5, 0.6) is 0 Å². The predicted molar refractivity (Wildman–Crippen MR) is 112 cm³/mol. The molecule has 1 aromatic carbocycles. The average molecular weight is 424 g/mol. The molecule has 1 N–H and O–H groups in total. The van der Waals surface area contributed by atoms with Gasteiger partial charge >= 0.3 is 6.09 Å². The first-order valence-corrected chi connectivity index (χ1v) is 10.6. The lowest BCUT2D eigenvalue weighted by atomic mass is 9.79. The van der Waals surface area contributed by atoms with Crippen molar-refractivity contribution in [3.05, 3.63) is 70.5 Å². The quantitative estimate of drug-likeness (QED) is 0.642. The Morgan fingerprint density at radius 3 is 2.60 bits per heavy atom. The first-order chi connectivity index (χ1) is 14.6. The first kappa shape index (κ1) is 19.1. The second kappa shape index (κ2) is 7.72. The number of hydrogen-bond acceptors (Lipinski definition) is 4. The number of aromatic nitrogens is 4. The highest BCUT2D eigenvalue weighted by molar-refractivity contribution is 6.30. The number of hydrogen-bond donors (Lipinski definition) is 1. The van der Waals surface area contributed by atoms with Crippen LogP contribution in [-0.2, 0) is 13.1 Å². The number of benzene rings is 1. The monoisotopic (exact) mass is 423 g/mol. The predicted octanol–water partition coefficient (Wildman–Crippen LogP) is 4.75. The van der Waals surface area contributed by atoms with E-state index >= 15 is 0 Å². The molecule has 0 spiro atoms. The summed E-state index contributed by atoms with van der Waals surface area (Å²) in [5, 5.41) is 19.1. The van der Waals surface area contributed by atoms with Gasteiger partial charge in [0.2, 0.25) is 0 Å². The van der Waals surface area contributed by atoms with Gasteiger partial charge in [0.15, 0.2) is 5.82 Å². The third-order valence-electron chi connectivity index (χ3n) is 6.25. The summed E-state index contributed by atoms with van der Waals surface area (Å²) in [4.78, 5) is 17.3. The minimum Gasteiger partial charge on any atom is -0.465 e. The molecule has 8 heteroatoms. The molecule has 30 heavy (non-hydrogen) atoms. The van der Waals surface area contributed by atoms with Crippen LogP contribution in [0.3, 0.4) is 0 Å². The van der Waals surface area contributed by atoms with Gasteiger partial charge < -0.3 is 5.11 Å². The highest BCUT2D eigenvalue weighted by atomic mass is 35.5. The Bertz CT molecular complexity index is 1080. The van der Waals surface area contributed by atoms with Crippen LogP contribution in [0.2, 0.25) is 5.02 Å². The lowest BCUT2D eigenvalue weighted by molar-refractivity contribution is 0.139. The van der Waals surface area contributed by atoms with Crippen LogP contribution in [0.25, 0.3) is 5.69 Å². The minimum absolute atomic E-state index is 0.208. The molecule has 154 valence electrons.